The third-order valence-electron chi connectivity index (χ3n) is 2.84. The maximum Gasteiger partial charge on any atom is 0.0593 e. The van der Waals surface area contributed by atoms with Gasteiger partial charge in [0, 0.05) is 26.2 Å². The van der Waals surface area contributed by atoms with Crippen LogP contribution in [0.5, 0.6) is 0 Å². The first-order valence-corrected chi connectivity index (χ1v) is 6.38. The molecule has 0 spiro atoms. The summed E-state index contributed by atoms with van der Waals surface area (Å²) in [6.07, 6.45) is 0. The number of rotatable bonds is 8. The fourth-order valence-corrected chi connectivity index (χ4v) is 1.80. The Morgan fingerprint density at radius 3 is 2.65 bits per heavy atom. The van der Waals surface area contributed by atoms with Crippen LogP contribution < -0.4 is 5.73 Å². The first kappa shape index (κ1) is 14.2. The van der Waals surface area contributed by atoms with Gasteiger partial charge in [-0.1, -0.05) is 31.2 Å². The lowest BCUT2D eigenvalue weighted by Gasteiger charge is -2.20. The van der Waals surface area contributed by atoms with Crippen LogP contribution in [0.25, 0.3) is 0 Å². The third kappa shape index (κ3) is 5.31. The average molecular weight is 236 g/mol. The summed E-state index contributed by atoms with van der Waals surface area (Å²) >= 11 is 0. The van der Waals surface area contributed by atoms with E-state index in [1.54, 1.807) is 0 Å². The van der Waals surface area contributed by atoms with Crippen molar-refractivity contribution in [3.05, 3.63) is 35.4 Å². The highest BCUT2D eigenvalue weighted by molar-refractivity contribution is 5.23. The molecule has 0 radical (unpaired) electrons. The van der Waals surface area contributed by atoms with Gasteiger partial charge < -0.3 is 10.5 Å². The molecule has 0 atom stereocenters. The molecule has 0 aromatic heterocycles. The second-order valence-electron chi connectivity index (χ2n) is 4.09. The van der Waals surface area contributed by atoms with Gasteiger partial charge in [-0.25, -0.2) is 0 Å². The Morgan fingerprint density at radius 1 is 1.24 bits per heavy atom. The normalized spacial score (nSPS) is 11.1. The van der Waals surface area contributed by atoms with Crippen LogP contribution in [0.1, 0.15) is 25.0 Å². The molecule has 1 aromatic carbocycles. The molecule has 0 amide bonds. The molecule has 0 aliphatic carbocycles. The second-order valence-corrected chi connectivity index (χ2v) is 4.09. The molecule has 1 rings (SSSR count). The number of benzene rings is 1. The summed E-state index contributed by atoms with van der Waals surface area (Å²) in [5.74, 6) is 0. The summed E-state index contributed by atoms with van der Waals surface area (Å²) in [6.45, 7) is 9.41. The smallest absolute Gasteiger partial charge is 0.0593 e. The molecular weight excluding hydrogens is 212 g/mol. The van der Waals surface area contributed by atoms with E-state index in [2.05, 4.69) is 36.1 Å². The zero-order chi connectivity index (χ0) is 12.5. The Kier molecular flexibility index (Phi) is 6.86. The van der Waals surface area contributed by atoms with E-state index in [0.29, 0.717) is 6.54 Å². The van der Waals surface area contributed by atoms with Gasteiger partial charge in [-0.15, -0.1) is 0 Å². The van der Waals surface area contributed by atoms with Crippen molar-refractivity contribution in [2.45, 2.75) is 26.9 Å². The van der Waals surface area contributed by atoms with Crippen molar-refractivity contribution in [2.75, 3.05) is 26.3 Å². The highest BCUT2D eigenvalue weighted by Crippen LogP contribution is 2.08. The monoisotopic (exact) mass is 236 g/mol. The molecule has 0 saturated carbocycles. The predicted molar refractivity (Wildman–Crippen MR) is 71.8 cm³/mol. The molecule has 17 heavy (non-hydrogen) atoms. The lowest BCUT2D eigenvalue weighted by molar-refractivity contribution is 0.113. The number of hydrogen-bond acceptors (Lipinski definition) is 3. The minimum absolute atomic E-state index is 0.610. The van der Waals surface area contributed by atoms with Gasteiger partial charge in [-0.05, 0) is 24.6 Å². The topological polar surface area (TPSA) is 38.5 Å². The van der Waals surface area contributed by atoms with E-state index in [9.17, 15) is 0 Å². The summed E-state index contributed by atoms with van der Waals surface area (Å²) in [6, 6.07) is 8.49. The van der Waals surface area contributed by atoms with Crippen molar-refractivity contribution in [2.24, 2.45) is 5.73 Å². The minimum atomic E-state index is 0.610. The van der Waals surface area contributed by atoms with Gasteiger partial charge >= 0.3 is 0 Å². The van der Waals surface area contributed by atoms with E-state index in [1.165, 1.54) is 11.1 Å². The van der Waals surface area contributed by atoms with E-state index in [0.717, 1.165) is 32.8 Å². The van der Waals surface area contributed by atoms with E-state index in [1.807, 2.05) is 6.92 Å². The van der Waals surface area contributed by atoms with Crippen LogP contribution >= 0.6 is 0 Å². The zero-order valence-corrected chi connectivity index (χ0v) is 11.0. The Balaban J connectivity index is 2.48. The lowest BCUT2D eigenvalue weighted by Crippen LogP contribution is -2.27. The Morgan fingerprint density at radius 2 is 2.00 bits per heavy atom. The van der Waals surface area contributed by atoms with Crippen molar-refractivity contribution in [3.63, 3.8) is 0 Å². The van der Waals surface area contributed by atoms with Gasteiger partial charge in [0.25, 0.3) is 0 Å². The average Bonchev–Trinajstić information content (AvgIpc) is 2.38. The van der Waals surface area contributed by atoms with Gasteiger partial charge in [0.1, 0.15) is 0 Å². The molecule has 0 heterocycles. The standard InChI is InChI=1S/C14H24N2O/c1-3-16(8-9-17-4-2)12-14-7-5-6-13(10-14)11-15/h5-7,10H,3-4,8-9,11-12,15H2,1-2H3. The highest BCUT2D eigenvalue weighted by atomic mass is 16.5. The maximum absolute atomic E-state index is 5.65. The van der Waals surface area contributed by atoms with Gasteiger partial charge in [0.05, 0.1) is 6.61 Å². The van der Waals surface area contributed by atoms with Crippen LogP contribution in [0.3, 0.4) is 0 Å². The number of ether oxygens (including phenoxy) is 1. The predicted octanol–water partition coefficient (Wildman–Crippen LogP) is 2.00. The second kappa shape index (κ2) is 8.23. The quantitative estimate of drug-likeness (QED) is 0.702. The van der Waals surface area contributed by atoms with Crippen LogP contribution in [-0.2, 0) is 17.8 Å². The molecular formula is C14H24N2O. The molecule has 0 aliphatic heterocycles. The number of nitrogens with zero attached hydrogens (tertiary/aromatic N) is 1. The van der Waals surface area contributed by atoms with Crippen molar-refractivity contribution >= 4 is 0 Å². The highest BCUT2D eigenvalue weighted by Gasteiger charge is 2.03. The van der Waals surface area contributed by atoms with Gasteiger partial charge in [0.15, 0.2) is 0 Å². The van der Waals surface area contributed by atoms with Crippen molar-refractivity contribution in [3.8, 4) is 0 Å². The summed E-state index contributed by atoms with van der Waals surface area (Å²) in [5, 5.41) is 0. The molecule has 2 N–H and O–H groups in total. The van der Waals surface area contributed by atoms with E-state index >= 15 is 0 Å². The third-order valence-corrected chi connectivity index (χ3v) is 2.84. The van der Waals surface area contributed by atoms with Gasteiger partial charge in [0.2, 0.25) is 0 Å². The van der Waals surface area contributed by atoms with Crippen LogP contribution in [-0.4, -0.2) is 31.2 Å². The summed E-state index contributed by atoms with van der Waals surface area (Å²) in [7, 11) is 0. The van der Waals surface area contributed by atoms with Crippen molar-refractivity contribution in [1.29, 1.82) is 0 Å². The van der Waals surface area contributed by atoms with Crippen molar-refractivity contribution in [1.82, 2.24) is 4.90 Å². The zero-order valence-electron chi connectivity index (χ0n) is 11.0. The van der Waals surface area contributed by atoms with Crippen LogP contribution in [0.15, 0.2) is 24.3 Å². The first-order valence-electron chi connectivity index (χ1n) is 6.38. The molecule has 0 unspecified atom stereocenters. The molecule has 0 fully saturated rings. The number of nitrogens with two attached hydrogens (primary N) is 1. The summed E-state index contributed by atoms with van der Waals surface area (Å²) in [5.41, 5.74) is 8.17. The molecule has 0 aliphatic rings. The van der Waals surface area contributed by atoms with E-state index < -0.39 is 0 Å². The molecule has 1 aromatic rings. The number of likely N-dealkylation sites (N-methyl/N-ethyl adjacent to an activating group) is 1. The molecule has 3 nitrogen and oxygen atoms in total. The summed E-state index contributed by atoms with van der Waals surface area (Å²) < 4.78 is 5.39. The molecule has 0 bridgehead atoms. The largest absolute Gasteiger partial charge is 0.380 e. The maximum atomic E-state index is 5.65. The van der Waals surface area contributed by atoms with Gasteiger partial charge in [-0.2, -0.15) is 0 Å². The Bertz CT molecular complexity index is 315. The van der Waals surface area contributed by atoms with Gasteiger partial charge in [-0.3, -0.25) is 4.90 Å². The fraction of sp³-hybridized carbons (Fsp3) is 0.571. The van der Waals surface area contributed by atoms with Crippen LogP contribution in [0.4, 0.5) is 0 Å². The molecule has 0 saturated heterocycles. The van der Waals surface area contributed by atoms with Crippen LogP contribution in [0.2, 0.25) is 0 Å². The molecule has 96 valence electrons. The molecule has 3 heteroatoms. The van der Waals surface area contributed by atoms with E-state index in [4.69, 9.17) is 10.5 Å². The first-order chi connectivity index (χ1) is 8.30. The SMILES string of the molecule is CCOCCN(CC)Cc1cccc(CN)c1. The Labute approximate surface area is 105 Å². The number of hydrogen-bond donors (Lipinski definition) is 1. The minimum Gasteiger partial charge on any atom is -0.380 e. The van der Waals surface area contributed by atoms with E-state index in [-0.39, 0.29) is 0 Å². The van der Waals surface area contributed by atoms with Crippen LogP contribution in [0, 0.1) is 0 Å². The Hall–Kier alpha value is -0.900. The van der Waals surface area contributed by atoms with Crippen molar-refractivity contribution < 1.29 is 4.74 Å². The fourth-order valence-electron chi connectivity index (χ4n) is 1.80. The summed E-state index contributed by atoms with van der Waals surface area (Å²) in [4.78, 5) is 2.38. The lowest BCUT2D eigenvalue weighted by atomic mass is 10.1.